The molecule has 0 unspecified atom stereocenters. The van der Waals surface area contributed by atoms with E-state index in [-0.39, 0.29) is 12.0 Å². The standard InChI is InChI=1S/C15H25N3O5/c1-14(2,3)23-13(22)17-6-4-15(5-7-17)9-18(12(15)21)10(8-19)11(16)20/h10,19H,4-9H2,1-3H3,(H2,16,20)/t10-/m0/s1. The molecule has 1 atom stereocenters. The fourth-order valence-electron chi connectivity index (χ4n) is 3.09. The van der Waals surface area contributed by atoms with Crippen molar-refractivity contribution >= 4 is 17.9 Å². The highest BCUT2D eigenvalue weighted by molar-refractivity contribution is 5.94. The minimum absolute atomic E-state index is 0.167. The van der Waals surface area contributed by atoms with Gasteiger partial charge in [-0.25, -0.2) is 4.79 Å². The predicted molar refractivity (Wildman–Crippen MR) is 81.3 cm³/mol. The lowest BCUT2D eigenvalue weighted by Crippen LogP contribution is -2.69. The second kappa shape index (κ2) is 5.99. The van der Waals surface area contributed by atoms with Crippen LogP contribution in [0.2, 0.25) is 0 Å². The Kier molecular flexibility index (Phi) is 4.57. The van der Waals surface area contributed by atoms with Crippen molar-refractivity contribution in [2.75, 3.05) is 26.2 Å². The van der Waals surface area contributed by atoms with Crippen molar-refractivity contribution in [1.82, 2.24) is 9.80 Å². The number of nitrogens with two attached hydrogens (primary N) is 1. The molecule has 8 nitrogen and oxygen atoms in total. The van der Waals surface area contributed by atoms with E-state index >= 15 is 0 Å². The molecule has 130 valence electrons. The number of nitrogens with zero attached hydrogens (tertiary/aromatic N) is 2. The molecule has 2 fully saturated rings. The van der Waals surface area contributed by atoms with Crippen molar-refractivity contribution in [3.63, 3.8) is 0 Å². The first-order valence-corrected chi connectivity index (χ1v) is 7.79. The van der Waals surface area contributed by atoms with E-state index in [9.17, 15) is 19.5 Å². The van der Waals surface area contributed by atoms with Gasteiger partial charge in [-0.2, -0.15) is 0 Å². The molecule has 2 heterocycles. The van der Waals surface area contributed by atoms with Gasteiger partial charge in [0.25, 0.3) is 0 Å². The van der Waals surface area contributed by atoms with E-state index in [0.29, 0.717) is 32.5 Å². The van der Waals surface area contributed by atoms with Gasteiger partial charge in [0, 0.05) is 19.6 Å². The zero-order valence-corrected chi connectivity index (χ0v) is 13.9. The lowest BCUT2D eigenvalue weighted by molar-refractivity contribution is -0.173. The first kappa shape index (κ1) is 17.5. The summed E-state index contributed by atoms with van der Waals surface area (Å²) in [4.78, 5) is 38.6. The highest BCUT2D eigenvalue weighted by atomic mass is 16.6. The van der Waals surface area contributed by atoms with E-state index in [1.54, 1.807) is 4.90 Å². The monoisotopic (exact) mass is 327 g/mol. The molecule has 2 aliphatic rings. The van der Waals surface area contributed by atoms with Crippen molar-refractivity contribution in [2.45, 2.75) is 45.3 Å². The number of likely N-dealkylation sites (tertiary alicyclic amines) is 2. The summed E-state index contributed by atoms with van der Waals surface area (Å²) >= 11 is 0. The Labute approximate surface area is 135 Å². The van der Waals surface area contributed by atoms with E-state index in [2.05, 4.69) is 0 Å². The van der Waals surface area contributed by atoms with Crippen molar-refractivity contribution in [3.05, 3.63) is 0 Å². The Morgan fingerprint density at radius 3 is 2.30 bits per heavy atom. The maximum absolute atomic E-state index is 12.4. The summed E-state index contributed by atoms with van der Waals surface area (Å²) in [7, 11) is 0. The maximum Gasteiger partial charge on any atom is 0.410 e. The van der Waals surface area contributed by atoms with Gasteiger partial charge in [-0.15, -0.1) is 0 Å². The first-order valence-electron chi connectivity index (χ1n) is 7.79. The zero-order chi connectivity index (χ0) is 17.4. The van der Waals surface area contributed by atoms with Crippen LogP contribution in [0.3, 0.4) is 0 Å². The van der Waals surface area contributed by atoms with Gasteiger partial charge in [-0.3, -0.25) is 9.59 Å². The van der Waals surface area contributed by atoms with Crippen LogP contribution in [0.1, 0.15) is 33.6 Å². The summed E-state index contributed by atoms with van der Waals surface area (Å²) in [5.41, 5.74) is 4.11. The van der Waals surface area contributed by atoms with Crippen molar-refractivity contribution in [2.24, 2.45) is 11.1 Å². The van der Waals surface area contributed by atoms with Crippen LogP contribution in [-0.2, 0) is 14.3 Å². The average molecular weight is 327 g/mol. The van der Waals surface area contributed by atoms with Gasteiger partial charge >= 0.3 is 6.09 Å². The second-order valence-electron chi connectivity index (χ2n) is 7.28. The number of carbonyl (C=O) groups is 3. The molecule has 3 amide bonds. The van der Waals surface area contributed by atoms with Crippen molar-refractivity contribution in [1.29, 1.82) is 0 Å². The van der Waals surface area contributed by atoms with E-state index < -0.39 is 29.6 Å². The molecule has 0 bridgehead atoms. The molecule has 0 aromatic carbocycles. The van der Waals surface area contributed by atoms with E-state index in [1.807, 2.05) is 20.8 Å². The minimum Gasteiger partial charge on any atom is -0.444 e. The number of primary amides is 1. The van der Waals surface area contributed by atoms with Crippen LogP contribution in [0.25, 0.3) is 0 Å². The maximum atomic E-state index is 12.4. The number of β-lactam (4-membered cyclic amide) rings is 1. The molecule has 2 aliphatic heterocycles. The van der Waals surface area contributed by atoms with E-state index in [4.69, 9.17) is 10.5 Å². The molecule has 8 heteroatoms. The predicted octanol–water partition coefficient (Wildman–Crippen LogP) is -0.308. The number of hydrogen-bond donors (Lipinski definition) is 2. The molecular weight excluding hydrogens is 302 g/mol. The first-order chi connectivity index (χ1) is 10.6. The third kappa shape index (κ3) is 3.41. The van der Waals surface area contributed by atoms with Crippen molar-refractivity contribution in [3.8, 4) is 0 Å². The highest BCUT2D eigenvalue weighted by Gasteiger charge is 2.56. The molecule has 2 rings (SSSR count). The second-order valence-corrected chi connectivity index (χ2v) is 7.28. The van der Waals surface area contributed by atoms with Gasteiger partial charge < -0.3 is 25.4 Å². The summed E-state index contributed by atoms with van der Waals surface area (Å²) in [5, 5.41) is 9.20. The Bertz CT molecular complexity index is 506. The van der Waals surface area contributed by atoms with Gasteiger partial charge in [0.2, 0.25) is 11.8 Å². The molecule has 0 aromatic rings. The Morgan fingerprint density at radius 1 is 1.35 bits per heavy atom. The van der Waals surface area contributed by atoms with Gasteiger partial charge in [0.05, 0.1) is 12.0 Å². The topological polar surface area (TPSA) is 113 Å². The molecule has 0 radical (unpaired) electrons. The van der Waals surface area contributed by atoms with Gasteiger partial charge in [-0.1, -0.05) is 0 Å². The summed E-state index contributed by atoms with van der Waals surface area (Å²) < 4.78 is 5.33. The Balaban J connectivity index is 1.92. The summed E-state index contributed by atoms with van der Waals surface area (Å²) in [5.74, 6) is -0.874. The van der Waals surface area contributed by atoms with Crippen LogP contribution >= 0.6 is 0 Å². The fraction of sp³-hybridized carbons (Fsp3) is 0.800. The summed E-state index contributed by atoms with van der Waals surface area (Å²) in [6.45, 7) is 6.22. The van der Waals surface area contributed by atoms with Crippen LogP contribution in [0, 0.1) is 5.41 Å². The van der Waals surface area contributed by atoms with Crippen LogP contribution in [-0.4, -0.2) is 70.7 Å². The molecular formula is C15H25N3O5. The van der Waals surface area contributed by atoms with Gasteiger partial charge in [0.15, 0.2) is 0 Å². The third-order valence-electron chi connectivity index (χ3n) is 4.44. The summed E-state index contributed by atoms with van der Waals surface area (Å²) in [6, 6.07) is -0.961. The Hall–Kier alpha value is -1.83. The molecule has 23 heavy (non-hydrogen) atoms. The number of carbonyl (C=O) groups excluding carboxylic acids is 3. The third-order valence-corrected chi connectivity index (χ3v) is 4.44. The van der Waals surface area contributed by atoms with Crippen LogP contribution < -0.4 is 5.73 Å². The number of aliphatic hydroxyl groups excluding tert-OH is 1. The quantitative estimate of drug-likeness (QED) is 0.691. The lowest BCUT2D eigenvalue weighted by atomic mass is 9.70. The normalized spacial score (nSPS) is 21.8. The Morgan fingerprint density at radius 2 is 1.91 bits per heavy atom. The number of rotatable bonds is 3. The van der Waals surface area contributed by atoms with Gasteiger partial charge in [-0.05, 0) is 33.6 Å². The van der Waals surface area contributed by atoms with Crippen LogP contribution in [0.15, 0.2) is 0 Å². The minimum atomic E-state index is -0.961. The van der Waals surface area contributed by atoms with Crippen LogP contribution in [0.5, 0.6) is 0 Å². The molecule has 2 saturated heterocycles. The highest BCUT2D eigenvalue weighted by Crippen LogP contribution is 2.42. The lowest BCUT2D eigenvalue weighted by Gasteiger charge is -2.54. The number of ether oxygens (including phenoxy) is 1. The number of piperidine rings is 1. The molecule has 3 N–H and O–H groups in total. The van der Waals surface area contributed by atoms with Crippen LogP contribution in [0.4, 0.5) is 4.79 Å². The number of hydrogen-bond acceptors (Lipinski definition) is 5. The smallest absolute Gasteiger partial charge is 0.410 e. The number of amides is 3. The van der Waals surface area contributed by atoms with E-state index in [0.717, 1.165) is 0 Å². The summed E-state index contributed by atoms with van der Waals surface area (Å²) in [6.07, 6.45) is 0.679. The molecule has 1 spiro atoms. The van der Waals surface area contributed by atoms with E-state index in [1.165, 1.54) is 4.90 Å². The fourth-order valence-corrected chi connectivity index (χ4v) is 3.09. The SMILES string of the molecule is CC(C)(C)OC(=O)N1CCC2(CC1)CN([C@@H](CO)C(N)=O)C2=O. The average Bonchev–Trinajstić information content (AvgIpc) is 2.45. The molecule has 0 aliphatic carbocycles. The largest absolute Gasteiger partial charge is 0.444 e. The molecule has 0 aromatic heterocycles. The molecule has 0 saturated carbocycles. The zero-order valence-electron chi connectivity index (χ0n) is 13.9. The van der Waals surface area contributed by atoms with Gasteiger partial charge in [0.1, 0.15) is 11.6 Å². The number of aliphatic hydroxyl groups is 1. The van der Waals surface area contributed by atoms with Crippen molar-refractivity contribution < 1.29 is 24.2 Å².